The molecule has 0 aliphatic heterocycles. The summed E-state index contributed by atoms with van der Waals surface area (Å²) in [5.74, 6) is -3.16. The molecule has 0 aromatic carbocycles. The Hall–Kier alpha value is -0.700. The van der Waals surface area contributed by atoms with Gasteiger partial charge in [-0.1, -0.05) is 0 Å². The van der Waals surface area contributed by atoms with Gasteiger partial charge in [-0.3, -0.25) is 9.00 Å². The number of hydrogen-bond donors (Lipinski definition) is 0. The standard InChI is InChI=1S/C17H24F4O4S/c18-16(19,17(20,21)26(23)24)2-1-3-25-14(22)10-15-7-11-4-12(8-15)6-13(5-11)9-15/h11-13H,1-10H2,(H,23,24)/p-1. The van der Waals surface area contributed by atoms with Gasteiger partial charge in [-0.15, -0.1) is 0 Å². The van der Waals surface area contributed by atoms with E-state index in [2.05, 4.69) is 0 Å². The van der Waals surface area contributed by atoms with Crippen LogP contribution >= 0.6 is 0 Å². The van der Waals surface area contributed by atoms with E-state index >= 15 is 0 Å². The van der Waals surface area contributed by atoms with Crippen LogP contribution in [0.5, 0.6) is 0 Å². The van der Waals surface area contributed by atoms with Crippen LogP contribution in [0.1, 0.15) is 57.8 Å². The summed E-state index contributed by atoms with van der Waals surface area (Å²) >= 11 is -4.21. The van der Waals surface area contributed by atoms with E-state index in [1.807, 2.05) is 0 Å². The third-order valence-electron chi connectivity index (χ3n) is 6.22. The topological polar surface area (TPSA) is 66.4 Å². The zero-order valence-corrected chi connectivity index (χ0v) is 15.2. The summed E-state index contributed by atoms with van der Waals surface area (Å²) in [7, 11) is 0. The number of hydrogen-bond acceptors (Lipinski definition) is 4. The van der Waals surface area contributed by atoms with E-state index in [0.717, 1.165) is 19.3 Å². The monoisotopic (exact) mass is 399 g/mol. The molecule has 0 aromatic heterocycles. The molecule has 4 aliphatic rings. The fourth-order valence-corrected chi connectivity index (χ4v) is 5.96. The summed E-state index contributed by atoms with van der Waals surface area (Å²) in [6.07, 6.45) is 5.10. The zero-order chi connectivity index (χ0) is 19.2. The van der Waals surface area contributed by atoms with E-state index in [9.17, 15) is 31.1 Å². The maximum Gasteiger partial charge on any atom is 0.371 e. The van der Waals surface area contributed by atoms with Crippen LogP contribution in [-0.2, 0) is 20.6 Å². The summed E-state index contributed by atoms with van der Waals surface area (Å²) in [4.78, 5) is 12.1. The Labute approximate surface area is 152 Å². The molecule has 0 spiro atoms. The minimum atomic E-state index is -5.13. The Morgan fingerprint density at radius 2 is 1.58 bits per heavy atom. The summed E-state index contributed by atoms with van der Waals surface area (Å²) < 4.78 is 77.9. The molecular formula is C17H23F4O4S-. The normalized spacial score (nSPS) is 34.7. The van der Waals surface area contributed by atoms with Crippen LogP contribution in [0.25, 0.3) is 0 Å². The third kappa shape index (κ3) is 3.93. The minimum Gasteiger partial charge on any atom is -0.768 e. The lowest BCUT2D eigenvalue weighted by Crippen LogP contribution is -2.47. The molecule has 26 heavy (non-hydrogen) atoms. The summed E-state index contributed by atoms with van der Waals surface area (Å²) in [6, 6.07) is 0. The van der Waals surface area contributed by atoms with E-state index in [0.29, 0.717) is 17.8 Å². The maximum atomic E-state index is 13.3. The molecule has 0 heterocycles. The third-order valence-corrected chi connectivity index (χ3v) is 6.93. The first-order chi connectivity index (χ1) is 12.0. The molecular weight excluding hydrogens is 376 g/mol. The quantitative estimate of drug-likeness (QED) is 0.268. The second-order valence-corrected chi connectivity index (χ2v) is 9.36. The highest BCUT2D eigenvalue weighted by atomic mass is 32.2. The Bertz CT molecular complexity index is 546. The minimum absolute atomic E-state index is 0.0394. The van der Waals surface area contributed by atoms with Crippen molar-refractivity contribution in [1.82, 2.24) is 0 Å². The molecule has 4 rings (SSSR count). The number of carbonyl (C=O) groups excluding carboxylic acids is 1. The highest BCUT2D eigenvalue weighted by Gasteiger charge is 2.57. The van der Waals surface area contributed by atoms with Crippen LogP contribution in [0, 0.1) is 23.2 Å². The predicted octanol–water partition coefficient (Wildman–Crippen LogP) is 4.02. The molecule has 4 saturated carbocycles. The number of ether oxygens (including phenoxy) is 1. The predicted molar refractivity (Wildman–Crippen MR) is 84.2 cm³/mol. The van der Waals surface area contributed by atoms with Gasteiger partial charge in [0.2, 0.25) is 0 Å². The molecule has 4 nitrogen and oxygen atoms in total. The zero-order valence-electron chi connectivity index (χ0n) is 14.4. The second kappa shape index (κ2) is 7.04. The Morgan fingerprint density at radius 3 is 2.04 bits per heavy atom. The van der Waals surface area contributed by atoms with Gasteiger partial charge in [0, 0.05) is 17.5 Å². The molecule has 0 saturated heterocycles. The fraction of sp³-hybridized carbons (Fsp3) is 0.941. The molecule has 0 aromatic rings. The van der Waals surface area contributed by atoms with Gasteiger partial charge in [0.25, 0.3) is 0 Å². The van der Waals surface area contributed by atoms with Crippen LogP contribution in [0.4, 0.5) is 17.6 Å². The number of rotatable bonds is 8. The molecule has 9 heteroatoms. The molecule has 0 N–H and O–H groups in total. The van der Waals surface area contributed by atoms with Crippen molar-refractivity contribution in [2.24, 2.45) is 23.2 Å². The lowest BCUT2D eigenvalue weighted by Gasteiger charge is -2.56. The number of carbonyl (C=O) groups is 1. The SMILES string of the molecule is O=C(CC12CC3CC(CC(C3)C1)C2)OCCCC(F)(F)C(F)(F)S(=O)[O-]. The highest BCUT2D eigenvalue weighted by Crippen LogP contribution is 2.61. The van der Waals surface area contributed by atoms with Crippen molar-refractivity contribution >= 4 is 17.0 Å². The first-order valence-corrected chi connectivity index (χ1v) is 10.1. The molecule has 150 valence electrons. The number of alkyl halides is 4. The van der Waals surface area contributed by atoms with Crippen molar-refractivity contribution in [2.45, 2.75) is 69.0 Å². The van der Waals surface area contributed by atoms with Gasteiger partial charge in [-0.25, -0.2) is 0 Å². The highest BCUT2D eigenvalue weighted by molar-refractivity contribution is 7.80. The lowest BCUT2D eigenvalue weighted by molar-refractivity contribution is -0.166. The largest absolute Gasteiger partial charge is 0.768 e. The van der Waals surface area contributed by atoms with Crippen LogP contribution in [-0.4, -0.2) is 32.5 Å². The van der Waals surface area contributed by atoms with Crippen LogP contribution in [0.3, 0.4) is 0 Å². The van der Waals surface area contributed by atoms with Crippen molar-refractivity contribution in [3.63, 3.8) is 0 Å². The molecule has 4 aliphatic carbocycles. The Morgan fingerprint density at radius 1 is 1.08 bits per heavy atom. The van der Waals surface area contributed by atoms with Crippen molar-refractivity contribution in [3.05, 3.63) is 0 Å². The molecule has 0 amide bonds. The molecule has 4 fully saturated rings. The van der Waals surface area contributed by atoms with E-state index in [1.165, 1.54) is 19.3 Å². The lowest BCUT2D eigenvalue weighted by atomic mass is 9.49. The van der Waals surface area contributed by atoms with Gasteiger partial charge in [-0.05, 0) is 68.1 Å². The first-order valence-electron chi connectivity index (χ1n) is 9.04. The Kier molecular flexibility index (Phi) is 5.42. The van der Waals surface area contributed by atoms with Gasteiger partial charge in [-0.2, -0.15) is 17.6 Å². The van der Waals surface area contributed by atoms with Gasteiger partial charge in [0.1, 0.15) is 0 Å². The van der Waals surface area contributed by atoms with Gasteiger partial charge in [0.15, 0.2) is 0 Å². The van der Waals surface area contributed by atoms with Gasteiger partial charge < -0.3 is 9.29 Å². The smallest absolute Gasteiger partial charge is 0.371 e. The van der Waals surface area contributed by atoms with E-state index in [1.54, 1.807) is 0 Å². The maximum absolute atomic E-state index is 13.3. The van der Waals surface area contributed by atoms with Crippen LogP contribution in [0.2, 0.25) is 0 Å². The summed E-state index contributed by atoms with van der Waals surface area (Å²) in [5.41, 5.74) is -0.0394. The number of esters is 1. The average Bonchev–Trinajstić information content (AvgIpc) is 2.49. The average molecular weight is 399 g/mol. The Balaban J connectivity index is 1.43. The van der Waals surface area contributed by atoms with Gasteiger partial charge in [0.05, 0.1) is 13.0 Å². The van der Waals surface area contributed by atoms with Crippen molar-refractivity contribution < 1.29 is 35.9 Å². The summed E-state index contributed by atoms with van der Waals surface area (Å²) in [5, 5.41) is -5.13. The fourth-order valence-electron chi connectivity index (χ4n) is 5.61. The molecule has 4 bridgehead atoms. The van der Waals surface area contributed by atoms with Crippen LogP contribution < -0.4 is 0 Å². The van der Waals surface area contributed by atoms with E-state index in [4.69, 9.17) is 4.74 Å². The van der Waals surface area contributed by atoms with Crippen molar-refractivity contribution in [3.8, 4) is 0 Å². The van der Waals surface area contributed by atoms with Crippen LogP contribution in [0.15, 0.2) is 0 Å². The molecule has 1 atom stereocenters. The van der Waals surface area contributed by atoms with Crippen molar-refractivity contribution in [1.29, 1.82) is 0 Å². The molecule has 0 radical (unpaired) electrons. The van der Waals surface area contributed by atoms with Crippen molar-refractivity contribution in [2.75, 3.05) is 6.61 Å². The van der Waals surface area contributed by atoms with E-state index in [-0.39, 0.29) is 11.8 Å². The van der Waals surface area contributed by atoms with Gasteiger partial charge >= 0.3 is 17.1 Å². The van der Waals surface area contributed by atoms with E-state index < -0.39 is 47.7 Å². The first kappa shape index (κ1) is 20.0. The second-order valence-electron chi connectivity index (χ2n) is 8.37. The number of halogens is 4. The molecule has 1 unspecified atom stereocenters. The summed E-state index contributed by atoms with van der Waals surface area (Å²) in [6.45, 7) is -0.414.